The first-order valence-electron chi connectivity index (χ1n) is 12.3. The summed E-state index contributed by atoms with van der Waals surface area (Å²) < 4.78 is 0. The molecular weight excluding hydrogens is 422 g/mol. The van der Waals surface area contributed by atoms with Crippen molar-refractivity contribution in [2.45, 2.75) is 39.7 Å². The first-order chi connectivity index (χ1) is 16.5. The molecule has 1 aromatic carbocycles. The summed E-state index contributed by atoms with van der Waals surface area (Å²) in [4.78, 5) is 18.8. The first kappa shape index (κ1) is 24.0. The third kappa shape index (κ3) is 5.30. The van der Waals surface area contributed by atoms with Crippen LogP contribution in [-0.2, 0) is 6.54 Å². The van der Waals surface area contributed by atoms with Gasteiger partial charge in [-0.3, -0.25) is 4.99 Å². The van der Waals surface area contributed by atoms with Crippen LogP contribution in [0.25, 0.3) is 0 Å². The van der Waals surface area contributed by atoms with E-state index in [4.69, 9.17) is 9.98 Å². The van der Waals surface area contributed by atoms with Crippen LogP contribution in [0.15, 0.2) is 58.5 Å². The Hall–Kier alpha value is -3.19. The molecule has 1 aromatic heterocycles. The molecule has 2 N–H and O–H groups in total. The van der Waals surface area contributed by atoms with Crippen molar-refractivity contribution in [3.8, 4) is 0 Å². The fraction of sp³-hybridized carbons (Fsp3) is 0.444. The average molecular weight is 460 g/mol. The summed E-state index contributed by atoms with van der Waals surface area (Å²) in [5.41, 5.74) is 5.57. The van der Waals surface area contributed by atoms with Gasteiger partial charge in [0.1, 0.15) is 11.7 Å². The lowest BCUT2D eigenvalue weighted by atomic mass is 10.1. The summed E-state index contributed by atoms with van der Waals surface area (Å²) in [6.07, 6.45) is 3.88. The van der Waals surface area contributed by atoms with Gasteiger partial charge < -0.3 is 20.4 Å². The van der Waals surface area contributed by atoms with E-state index < -0.39 is 0 Å². The summed E-state index contributed by atoms with van der Waals surface area (Å²) in [7, 11) is 3.69. The minimum absolute atomic E-state index is 0.290. The number of benzene rings is 1. The summed E-state index contributed by atoms with van der Waals surface area (Å²) in [6, 6.07) is 12.6. The zero-order valence-electron chi connectivity index (χ0n) is 20.9. The van der Waals surface area contributed by atoms with Crippen molar-refractivity contribution >= 4 is 29.0 Å². The monoisotopic (exact) mass is 459 g/mol. The highest BCUT2D eigenvalue weighted by Crippen LogP contribution is 2.29. The van der Waals surface area contributed by atoms with Crippen LogP contribution in [0.1, 0.15) is 37.4 Å². The van der Waals surface area contributed by atoms with Crippen molar-refractivity contribution in [2.75, 3.05) is 48.8 Å². The number of anilines is 3. The van der Waals surface area contributed by atoms with Gasteiger partial charge >= 0.3 is 0 Å². The van der Waals surface area contributed by atoms with Crippen LogP contribution in [0.4, 0.5) is 17.2 Å². The molecule has 2 fully saturated rings. The van der Waals surface area contributed by atoms with Gasteiger partial charge in [0.15, 0.2) is 0 Å². The average Bonchev–Trinajstić information content (AvgIpc) is 3.13. The predicted molar refractivity (Wildman–Crippen MR) is 144 cm³/mol. The number of piperidine rings is 1. The minimum atomic E-state index is 0.290. The Kier molecular flexibility index (Phi) is 7.63. The summed E-state index contributed by atoms with van der Waals surface area (Å²) in [5, 5.41) is 6.58. The van der Waals surface area contributed by atoms with E-state index in [1.165, 1.54) is 30.5 Å². The van der Waals surface area contributed by atoms with Crippen molar-refractivity contribution in [3.63, 3.8) is 0 Å². The van der Waals surface area contributed by atoms with Crippen LogP contribution >= 0.6 is 0 Å². The molecule has 0 unspecified atom stereocenters. The molecule has 0 aliphatic carbocycles. The third-order valence-corrected chi connectivity index (χ3v) is 6.59. The predicted octanol–water partition coefficient (Wildman–Crippen LogP) is 4.61. The third-order valence-electron chi connectivity index (χ3n) is 6.59. The molecule has 1 atom stereocenters. The first-order valence-corrected chi connectivity index (χ1v) is 12.3. The van der Waals surface area contributed by atoms with Crippen LogP contribution in [-0.4, -0.2) is 50.5 Å². The molecule has 180 valence electrons. The number of aryl methyl sites for hydroxylation is 1. The Balaban J connectivity index is 1.56. The molecule has 7 nitrogen and oxygen atoms in total. The molecule has 2 aromatic rings. The van der Waals surface area contributed by atoms with Crippen LogP contribution in [0.5, 0.6) is 0 Å². The van der Waals surface area contributed by atoms with E-state index in [1.54, 1.807) is 7.05 Å². The van der Waals surface area contributed by atoms with Crippen LogP contribution in [0, 0.1) is 12.8 Å². The molecule has 3 heterocycles. The van der Waals surface area contributed by atoms with E-state index >= 15 is 0 Å². The highest BCUT2D eigenvalue weighted by molar-refractivity contribution is 6.17. The Bertz CT molecular complexity index is 1080. The number of aromatic nitrogens is 1. The number of nitrogens with one attached hydrogen (secondary N) is 2. The van der Waals surface area contributed by atoms with E-state index in [2.05, 4.69) is 64.1 Å². The van der Waals surface area contributed by atoms with Gasteiger partial charge in [0, 0.05) is 50.5 Å². The van der Waals surface area contributed by atoms with Gasteiger partial charge in [0.25, 0.3) is 0 Å². The van der Waals surface area contributed by atoms with Crippen molar-refractivity contribution < 1.29 is 0 Å². The van der Waals surface area contributed by atoms with E-state index in [9.17, 15) is 0 Å². The van der Waals surface area contributed by atoms with Crippen LogP contribution in [0.3, 0.4) is 0 Å². The second-order valence-corrected chi connectivity index (χ2v) is 9.21. The zero-order chi connectivity index (χ0) is 24.1. The Morgan fingerprint density at radius 2 is 1.97 bits per heavy atom. The van der Waals surface area contributed by atoms with E-state index in [-0.39, 0.29) is 5.92 Å². The normalized spacial score (nSPS) is 20.4. The summed E-state index contributed by atoms with van der Waals surface area (Å²) in [6.45, 7) is 12.5. The Morgan fingerprint density at radius 3 is 2.68 bits per heavy atom. The fourth-order valence-corrected chi connectivity index (χ4v) is 4.68. The molecule has 0 amide bonds. The molecule has 2 aliphatic rings. The molecular formula is C27H37N7. The molecule has 2 saturated heterocycles. The quantitative estimate of drug-likeness (QED) is 0.505. The molecule has 4 rings (SSSR count). The SMILES string of the molecule is C=C1/C(=N\C(=NC)Nc2ccc(N3CCCCC3)c(C)c2)N(c2cccc(CNC)n2)C[C@H]1C. The number of rotatable bonds is 5. The second-order valence-electron chi connectivity index (χ2n) is 9.21. The van der Waals surface area contributed by atoms with Crippen LogP contribution in [0.2, 0.25) is 0 Å². The summed E-state index contributed by atoms with van der Waals surface area (Å²) in [5.74, 6) is 2.55. The molecule has 0 radical (unpaired) electrons. The maximum Gasteiger partial charge on any atom is 0.224 e. The number of pyridine rings is 1. The van der Waals surface area contributed by atoms with Gasteiger partial charge in [-0.05, 0) is 74.7 Å². The van der Waals surface area contributed by atoms with Gasteiger partial charge in [0.05, 0.1) is 5.69 Å². The van der Waals surface area contributed by atoms with Crippen molar-refractivity contribution in [2.24, 2.45) is 15.9 Å². The molecule has 34 heavy (non-hydrogen) atoms. The number of hydrogen-bond donors (Lipinski definition) is 2. The topological polar surface area (TPSA) is 68.2 Å². The number of aliphatic imine (C=N–C) groups is 2. The maximum atomic E-state index is 4.91. The van der Waals surface area contributed by atoms with Gasteiger partial charge in [0.2, 0.25) is 5.96 Å². The van der Waals surface area contributed by atoms with Gasteiger partial charge in [-0.15, -0.1) is 0 Å². The molecule has 0 spiro atoms. The smallest absolute Gasteiger partial charge is 0.224 e. The lowest BCUT2D eigenvalue weighted by Gasteiger charge is -2.30. The molecule has 0 bridgehead atoms. The summed E-state index contributed by atoms with van der Waals surface area (Å²) >= 11 is 0. The van der Waals surface area contributed by atoms with Crippen molar-refractivity contribution in [3.05, 3.63) is 59.8 Å². The number of nitrogens with zero attached hydrogens (tertiary/aromatic N) is 5. The number of hydrogen-bond acceptors (Lipinski definition) is 4. The van der Waals surface area contributed by atoms with E-state index in [0.29, 0.717) is 5.96 Å². The second kappa shape index (κ2) is 10.8. The molecule has 7 heteroatoms. The van der Waals surface area contributed by atoms with E-state index in [0.717, 1.165) is 54.8 Å². The van der Waals surface area contributed by atoms with Gasteiger partial charge in [-0.1, -0.05) is 19.6 Å². The Labute approximate surface area is 203 Å². The van der Waals surface area contributed by atoms with E-state index in [1.807, 2.05) is 25.2 Å². The lowest BCUT2D eigenvalue weighted by Crippen LogP contribution is -2.30. The number of guanidine groups is 1. The fourth-order valence-electron chi connectivity index (χ4n) is 4.68. The highest BCUT2D eigenvalue weighted by Gasteiger charge is 2.31. The highest BCUT2D eigenvalue weighted by atomic mass is 15.3. The minimum Gasteiger partial charge on any atom is -0.371 e. The van der Waals surface area contributed by atoms with Crippen molar-refractivity contribution in [1.29, 1.82) is 0 Å². The molecule has 0 saturated carbocycles. The number of amidine groups is 1. The van der Waals surface area contributed by atoms with Crippen LogP contribution < -0.4 is 20.4 Å². The lowest BCUT2D eigenvalue weighted by molar-refractivity contribution is 0.577. The maximum absolute atomic E-state index is 4.91. The van der Waals surface area contributed by atoms with Crippen molar-refractivity contribution in [1.82, 2.24) is 10.3 Å². The largest absolute Gasteiger partial charge is 0.371 e. The van der Waals surface area contributed by atoms with Gasteiger partial charge in [-0.25, -0.2) is 4.98 Å². The zero-order valence-corrected chi connectivity index (χ0v) is 20.9. The molecule has 2 aliphatic heterocycles. The Morgan fingerprint density at radius 1 is 1.18 bits per heavy atom. The van der Waals surface area contributed by atoms with Gasteiger partial charge in [-0.2, -0.15) is 4.99 Å². The standard InChI is InChI=1S/C27H37N7/c1-19-16-22(12-13-24(19)33-14-7-6-8-15-33)31-27(29-5)32-26-21(3)20(2)18-34(26)25-11-9-10-23(30-25)17-28-4/h9-13,16,20,28H,3,6-8,14-15,17-18H2,1-2,4-5H3,(H,29,31)/b32-26+/t20-/m1/s1.